The topological polar surface area (TPSA) is 111 Å². The summed E-state index contributed by atoms with van der Waals surface area (Å²) in [6.07, 6.45) is 0.240. The van der Waals surface area contributed by atoms with Crippen LogP contribution in [-0.2, 0) is 16.0 Å². The molecule has 0 unspecified atom stereocenters. The standard InChI is InChI=1S/C19H21N3O4/c1-12(23)21-15-7-4-6-14(11-15)19(25)22-17(18(20)24)10-13-5-3-8-16(9-13)26-2/h3-9,11,17H,10H2,1-2H3,(H2,20,24)(H,21,23)(H,22,25)/t17-/m1/s1. The van der Waals surface area contributed by atoms with Crippen molar-refractivity contribution >= 4 is 23.4 Å². The summed E-state index contributed by atoms with van der Waals surface area (Å²) in [5, 5.41) is 5.24. The number of benzene rings is 2. The monoisotopic (exact) mass is 355 g/mol. The van der Waals surface area contributed by atoms with Gasteiger partial charge >= 0.3 is 0 Å². The van der Waals surface area contributed by atoms with Gasteiger partial charge in [0.2, 0.25) is 11.8 Å². The molecular weight excluding hydrogens is 334 g/mol. The quantitative estimate of drug-likeness (QED) is 0.698. The summed E-state index contributed by atoms with van der Waals surface area (Å²) in [6, 6.07) is 12.7. The molecule has 1 atom stereocenters. The molecule has 0 bridgehead atoms. The molecule has 0 aromatic heterocycles. The Bertz CT molecular complexity index is 820. The maximum atomic E-state index is 12.5. The molecule has 7 heteroatoms. The highest BCUT2D eigenvalue weighted by atomic mass is 16.5. The third-order valence-electron chi connectivity index (χ3n) is 3.67. The predicted octanol–water partition coefficient (Wildman–Crippen LogP) is 1.48. The van der Waals surface area contributed by atoms with E-state index in [9.17, 15) is 14.4 Å². The minimum absolute atomic E-state index is 0.240. The van der Waals surface area contributed by atoms with Crippen LogP contribution in [0, 0.1) is 0 Å². The van der Waals surface area contributed by atoms with E-state index in [4.69, 9.17) is 10.5 Å². The Kier molecular flexibility index (Phi) is 6.32. The third kappa shape index (κ3) is 5.34. The Morgan fingerprint density at radius 3 is 2.50 bits per heavy atom. The van der Waals surface area contributed by atoms with E-state index in [1.165, 1.54) is 13.0 Å². The lowest BCUT2D eigenvalue weighted by atomic mass is 10.0. The van der Waals surface area contributed by atoms with Gasteiger partial charge in [0.15, 0.2) is 0 Å². The summed E-state index contributed by atoms with van der Waals surface area (Å²) < 4.78 is 5.15. The zero-order valence-electron chi connectivity index (χ0n) is 14.6. The summed E-state index contributed by atoms with van der Waals surface area (Å²) >= 11 is 0. The van der Waals surface area contributed by atoms with Crippen LogP contribution >= 0.6 is 0 Å². The molecule has 0 spiro atoms. The first-order valence-electron chi connectivity index (χ1n) is 8.00. The smallest absolute Gasteiger partial charge is 0.252 e. The SMILES string of the molecule is COc1cccc(C[C@@H](NC(=O)c2cccc(NC(C)=O)c2)C(N)=O)c1. The molecule has 0 heterocycles. The van der Waals surface area contributed by atoms with Crippen LogP contribution in [0.25, 0.3) is 0 Å². The van der Waals surface area contributed by atoms with Crippen molar-refractivity contribution in [2.45, 2.75) is 19.4 Å². The zero-order chi connectivity index (χ0) is 19.1. The highest BCUT2D eigenvalue weighted by molar-refractivity contribution is 5.99. The van der Waals surface area contributed by atoms with E-state index in [1.54, 1.807) is 43.5 Å². The second kappa shape index (κ2) is 8.66. The van der Waals surface area contributed by atoms with Crippen LogP contribution in [0.4, 0.5) is 5.69 Å². The predicted molar refractivity (Wildman–Crippen MR) is 97.9 cm³/mol. The van der Waals surface area contributed by atoms with Crippen molar-refractivity contribution in [3.63, 3.8) is 0 Å². The van der Waals surface area contributed by atoms with E-state index in [2.05, 4.69) is 10.6 Å². The molecule has 0 aliphatic heterocycles. The number of amides is 3. The molecule has 0 aliphatic rings. The van der Waals surface area contributed by atoms with Crippen molar-refractivity contribution in [3.8, 4) is 5.75 Å². The number of nitrogens with one attached hydrogen (secondary N) is 2. The van der Waals surface area contributed by atoms with E-state index >= 15 is 0 Å². The van der Waals surface area contributed by atoms with Gasteiger partial charge in [0.1, 0.15) is 11.8 Å². The van der Waals surface area contributed by atoms with Gasteiger partial charge in [0.05, 0.1) is 7.11 Å². The van der Waals surface area contributed by atoms with Crippen molar-refractivity contribution in [2.75, 3.05) is 12.4 Å². The van der Waals surface area contributed by atoms with Crippen LogP contribution in [-0.4, -0.2) is 30.9 Å². The van der Waals surface area contributed by atoms with E-state index in [-0.39, 0.29) is 12.3 Å². The number of carbonyl (C=O) groups excluding carboxylic acids is 3. The second-order valence-corrected chi connectivity index (χ2v) is 5.75. The van der Waals surface area contributed by atoms with Crippen molar-refractivity contribution in [1.29, 1.82) is 0 Å². The fraction of sp³-hybridized carbons (Fsp3) is 0.211. The number of hydrogen-bond donors (Lipinski definition) is 3. The van der Waals surface area contributed by atoms with Gasteiger partial charge in [0.25, 0.3) is 5.91 Å². The molecule has 7 nitrogen and oxygen atoms in total. The van der Waals surface area contributed by atoms with Gasteiger partial charge in [0, 0.05) is 24.6 Å². The van der Waals surface area contributed by atoms with Crippen molar-refractivity contribution in [1.82, 2.24) is 5.32 Å². The van der Waals surface area contributed by atoms with Gasteiger partial charge in [-0.1, -0.05) is 18.2 Å². The van der Waals surface area contributed by atoms with Crippen LogP contribution < -0.4 is 21.1 Å². The van der Waals surface area contributed by atoms with E-state index < -0.39 is 17.9 Å². The Morgan fingerprint density at radius 2 is 1.85 bits per heavy atom. The largest absolute Gasteiger partial charge is 0.497 e. The summed E-state index contributed by atoms with van der Waals surface area (Å²) in [5.41, 5.74) is 7.05. The lowest BCUT2D eigenvalue weighted by Gasteiger charge is -2.16. The van der Waals surface area contributed by atoms with Crippen molar-refractivity contribution in [3.05, 3.63) is 59.7 Å². The molecule has 0 radical (unpaired) electrons. The average Bonchev–Trinajstić information content (AvgIpc) is 2.60. The number of anilines is 1. The molecule has 136 valence electrons. The fourth-order valence-electron chi connectivity index (χ4n) is 2.44. The van der Waals surface area contributed by atoms with E-state index in [0.29, 0.717) is 17.0 Å². The first-order chi connectivity index (χ1) is 12.4. The van der Waals surface area contributed by atoms with Gasteiger partial charge in [-0.15, -0.1) is 0 Å². The Morgan fingerprint density at radius 1 is 1.12 bits per heavy atom. The van der Waals surface area contributed by atoms with E-state index in [0.717, 1.165) is 5.56 Å². The van der Waals surface area contributed by atoms with Gasteiger partial charge < -0.3 is 21.1 Å². The first-order valence-corrected chi connectivity index (χ1v) is 8.00. The third-order valence-corrected chi connectivity index (χ3v) is 3.67. The maximum absolute atomic E-state index is 12.5. The number of rotatable bonds is 7. The molecule has 0 saturated heterocycles. The van der Waals surface area contributed by atoms with Gasteiger partial charge in [-0.2, -0.15) is 0 Å². The number of nitrogens with two attached hydrogens (primary N) is 1. The van der Waals surface area contributed by atoms with Crippen LogP contribution in [0.3, 0.4) is 0 Å². The van der Waals surface area contributed by atoms with Crippen LogP contribution in [0.5, 0.6) is 5.75 Å². The summed E-state index contributed by atoms with van der Waals surface area (Å²) in [6.45, 7) is 1.38. The fourth-order valence-corrected chi connectivity index (χ4v) is 2.44. The second-order valence-electron chi connectivity index (χ2n) is 5.75. The molecule has 0 saturated carbocycles. The number of primary amides is 1. The minimum Gasteiger partial charge on any atom is -0.497 e. The summed E-state index contributed by atoms with van der Waals surface area (Å²) in [7, 11) is 1.55. The maximum Gasteiger partial charge on any atom is 0.252 e. The average molecular weight is 355 g/mol. The van der Waals surface area contributed by atoms with Crippen LogP contribution in [0.15, 0.2) is 48.5 Å². The number of methoxy groups -OCH3 is 1. The molecule has 0 fully saturated rings. The van der Waals surface area contributed by atoms with Gasteiger partial charge in [-0.3, -0.25) is 14.4 Å². The van der Waals surface area contributed by atoms with Gasteiger partial charge in [-0.05, 0) is 35.9 Å². The molecular formula is C19H21N3O4. The molecule has 26 heavy (non-hydrogen) atoms. The zero-order valence-corrected chi connectivity index (χ0v) is 14.6. The molecule has 4 N–H and O–H groups in total. The Labute approximate surface area is 151 Å². The lowest BCUT2D eigenvalue weighted by molar-refractivity contribution is -0.119. The van der Waals surface area contributed by atoms with Crippen molar-refractivity contribution in [2.24, 2.45) is 5.73 Å². The number of ether oxygens (including phenoxy) is 1. The number of carbonyl (C=O) groups is 3. The highest BCUT2D eigenvalue weighted by Crippen LogP contribution is 2.15. The highest BCUT2D eigenvalue weighted by Gasteiger charge is 2.20. The van der Waals surface area contributed by atoms with Gasteiger partial charge in [-0.25, -0.2) is 0 Å². The summed E-state index contributed by atoms with van der Waals surface area (Å²) in [4.78, 5) is 35.3. The normalized spacial score (nSPS) is 11.3. The Balaban J connectivity index is 2.12. The number of hydrogen-bond acceptors (Lipinski definition) is 4. The van der Waals surface area contributed by atoms with Crippen LogP contribution in [0.2, 0.25) is 0 Å². The summed E-state index contributed by atoms with van der Waals surface area (Å²) in [5.74, 6) is -0.682. The van der Waals surface area contributed by atoms with Crippen molar-refractivity contribution < 1.29 is 19.1 Å². The molecule has 2 aromatic rings. The van der Waals surface area contributed by atoms with Crippen LogP contribution in [0.1, 0.15) is 22.8 Å². The molecule has 3 amide bonds. The first kappa shape index (κ1) is 19.0. The molecule has 0 aliphatic carbocycles. The molecule has 2 aromatic carbocycles. The lowest BCUT2D eigenvalue weighted by Crippen LogP contribution is -2.45. The van der Waals surface area contributed by atoms with E-state index in [1.807, 2.05) is 6.07 Å². The Hall–Kier alpha value is -3.35. The minimum atomic E-state index is -0.876. The molecule has 2 rings (SSSR count).